The first-order valence-electron chi connectivity index (χ1n) is 9.98. The number of hydrogen-bond donors (Lipinski definition) is 1. The Hall–Kier alpha value is -3.68. The average molecular weight is 479 g/mol. The van der Waals surface area contributed by atoms with Gasteiger partial charge in [-0.05, 0) is 42.5 Å². The van der Waals surface area contributed by atoms with E-state index >= 15 is 0 Å². The molecule has 1 heterocycles. The average Bonchev–Trinajstić information content (AvgIpc) is 3.28. The molecule has 0 unspecified atom stereocenters. The van der Waals surface area contributed by atoms with Gasteiger partial charge in [-0.3, -0.25) is 9.59 Å². The number of hydrogen-bond acceptors (Lipinski definition) is 6. The van der Waals surface area contributed by atoms with Gasteiger partial charge in [-0.15, -0.1) is 11.3 Å². The summed E-state index contributed by atoms with van der Waals surface area (Å²) in [6.45, 7) is 0. The van der Waals surface area contributed by atoms with E-state index in [2.05, 4.69) is 10.3 Å². The van der Waals surface area contributed by atoms with Crippen LogP contribution < -0.4 is 14.8 Å². The second-order valence-electron chi connectivity index (χ2n) is 6.95. The van der Waals surface area contributed by atoms with E-state index < -0.39 is 5.97 Å². The summed E-state index contributed by atoms with van der Waals surface area (Å²) in [6.07, 6.45) is 0.0350. The highest BCUT2D eigenvalue weighted by Gasteiger charge is 2.14. The number of esters is 1. The number of aromatic nitrogens is 1. The van der Waals surface area contributed by atoms with Gasteiger partial charge in [0, 0.05) is 16.6 Å². The number of amides is 1. The quantitative estimate of drug-likeness (QED) is 0.265. The Labute approximate surface area is 199 Å². The zero-order chi connectivity index (χ0) is 23.2. The van der Waals surface area contributed by atoms with Crippen LogP contribution in [-0.4, -0.2) is 24.0 Å². The fourth-order valence-electron chi connectivity index (χ4n) is 3.10. The van der Waals surface area contributed by atoms with E-state index in [1.807, 2.05) is 23.6 Å². The third kappa shape index (κ3) is 5.58. The van der Waals surface area contributed by atoms with Gasteiger partial charge in [0.1, 0.15) is 16.5 Å². The number of nitrogens with zero attached hydrogens (tertiary/aromatic N) is 1. The topological polar surface area (TPSA) is 77.5 Å². The van der Waals surface area contributed by atoms with E-state index in [0.717, 1.165) is 10.6 Å². The van der Waals surface area contributed by atoms with Crippen molar-refractivity contribution in [2.24, 2.45) is 0 Å². The maximum absolute atomic E-state index is 12.5. The summed E-state index contributed by atoms with van der Waals surface area (Å²) >= 11 is 7.64. The highest BCUT2D eigenvalue weighted by molar-refractivity contribution is 7.13. The summed E-state index contributed by atoms with van der Waals surface area (Å²) in [5.74, 6) is 0.129. The van der Waals surface area contributed by atoms with Gasteiger partial charge in [0.15, 0.2) is 0 Å². The minimum absolute atomic E-state index is 0.0350. The number of para-hydroxylation sites is 1. The number of halogens is 1. The van der Waals surface area contributed by atoms with Crippen LogP contribution in [-0.2, 0) is 11.2 Å². The first-order valence-corrected chi connectivity index (χ1v) is 11.2. The standard InChI is InChI=1S/C25H19ClN2O4S/c1-31-22-9-5-3-7-20(22)24(30)27-16-10-12-18(13-11-16)32-23(29)14-17-15-33-25(28-17)19-6-2-4-8-21(19)26/h2-13,15H,14H2,1H3,(H,27,30). The highest BCUT2D eigenvalue weighted by Crippen LogP contribution is 2.30. The van der Waals surface area contributed by atoms with E-state index in [-0.39, 0.29) is 12.3 Å². The molecule has 0 bridgehead atoms. The number of methoxy groups -OCH3 is 1. The smallest absolute Gasteiger partial charge is 0.317 e. The Morgan fingerprint density at radius 1 is 1.00 bits per heavy atom. The molecule has 0 saturated carbocycles. The number of carbonyl (C=O) groups excluding carboxylic acids is 2. The predicted octanol–water partition coefficient (Wildman–Crippen LogP) is 5.87. The van der Waals surface area contributed by atoms with Crippen LogP contribution in [0.3, 0.4) is 0 Å². The molecule has 1 aromatic heterocycles. The largest absolute Gasteiger partial charge is 0.496 e. The van der Waals surface area contributed by atoms with Crippen LogP contribution in [0.15, 0.2) is 78.2 Å². The van der Waals surface area contributed by atoms with E-state index in [1.165, 1.54) is 18.4 Å². The van der Waals surface area contributed by atoms with Gasteiger partial charge in [-0.2, -0.15) is 0 Å². The van der Waals surface area contributed by atoms with Crippen LogP contribution in [0.1, 0.15) is 16.1 Å². The zero-order valence-corrected chi connectivity index (χ0v) is 19.2. The van der Waals surface area contributed by atoms with Crippen LogP contribution in [0.2, 0.25) is 5.02 Å². The molecule has 0 saturated heterocycles. The van der Waals surface area contributed by atoms with Gasteiger partial charge in [-0.1, -0.05) is 41.9 Å². The van der Waals surface area contributed by atoms with Crippen molar-refractivity contribution in [3.63, 3.8) is 0 Å². The van der Waals surface area contributed by atoms with Gasteiger partial charge in [0.2, 0.25) is 0 Å². The fourth-order valence-corrected chi connectivity index (χ4v) is 4.24. The summed E-state index contributed by atoms with van der Waals surface area (Å²) in [6, 6.07) is 20.9. The van der Waals surface area contributed by atoms with E-state index in [0.29, 0.717) is 33.5 Å². The monoisotopic (exact) mass is 478 g/mol. The first-order chi connectivity index (χ1) is 16.0. The molecule has 4 aromatic rings. The van der Waals surface area contributed by atoms with Gasteiger partial charge >= 0.3 is 5.97 Å². The van der Waals surface area contributed by atoms with Gasteiger partial charge < -0.3 is 14.8 Å². The Bertz CT molecular complexity index is 1290. The predicted molar refractivity (Wildman–Crippen MR) is 129 cm³/mol. The van der Waals surface area contributed by atoms with Crippen molar-refractivity contribution in [2.75, 3.05) is 12.4 Å². The lowest BCUT2D eigenvalue weighted by Gasteiger charge is -2.09. The molecule has 6 nitrogen and oxygen atoms in total. The number of nitrogens with one attached hydrogen (secondary N) is 1. The molecule has 0 radical (unpaired) electrons. The number of ether oxygens (including phenoxy) is 2. The lowest BCUT2D eigenvalue weighted by molar-refractivity contribution is -0.133. The molecule has 0 spiro atoms. The molecule has 0 aliphatic carbocycles. The molecule has 4 rings (SSSR count). The zero-order valence-electron chi connectivity index (χ0n) is 17.6. The third-order valence-electron chi connectivity index (χ3n) is 4.68. The third-order valence-corrected chi connectivity index (χ3v) is 5.93. The molecule has 1 amide bonds. The van der Waals surface area contributed by atoms with Crippen LogP contribution in [0.25, 0.3) is 10.6 Å². The van der Waals surface area contributed by atoms with Gasteiger partial charge in [0.25, 0.3) is 5.91 Å². The van der Waals surface area contributed by atoms with Crippen LogP contribution in [0.4, 0.5) is 5.69 Å². The second-order valence-corrected chi connectivity index (χ2v) is 8.22. The lowest BCUT2D eigenvalue weighted by atomic mass is 10.2. The maximum Gasteiger partial charge on any atom is 0.317 e. The summed E-state index contributed by atoms with van der Waals surface area (Å²) in [5.41, 5.74) is 2.43. The van der Waals surface area contributed by atoms with Crippen molar-refractivity contribution in [1.29, 1.82) is 0 Å². The molecule has 8 heteroatoms. The summed E-state index contributed by atoms with van der Waals surface area (Å²) < 4.78 is 10.6. The Kier molecular flexibility index (Phi) is 7.02. The van der Waals surface area contributed by atoms with Crippen molar-refractivity contribution < 1.29 is 19.1 Å². The number of anilines is 1. The minimum atomic E-state index is -0.434. The number of benzene rings is 3. The van der Waals surface area contributed by atoms with Crippen LogP contribution in [0, 0.1) is 0 Å². The molecule has 0 aliphatic rings. The van der Waals surface area contributed by atoms with Gasteiger partial charge in [-0.25, -0.2) is 4.98 Å². The van der Waals surface area contributed by atoms with Crippen LogP contribution in [0.5, 0.6) is 11.5 Å². The molecular formula is C25H19ClN2O4S. The van der Waals surface area contributed by atoms with Crippen molar-refractivity contribution in [3.05, 3.63) is 94.5 Å². The van der Waals surface area contributed by atoms with Gasteiger partial charge in [0.05, 0.1) is 29.8 Å². The van der Waals surface area contributed by atoms with Crippen molar-refractivity contribution in [1.82, 2.24) is 4.98 Å². The Morgan fingerprint density at radius 2 is 1.73 bits per heavy atom. The normalized spacial score (nSPS) is 10.5. The number of thiazole rings is 1. The molecule has 1 N–H and O–H groups in total. The summed E-state index contributed by atoms with van der Waals surface area (Å²) in [5, 5.41) is 5.97. The number of rotatable bonds is 7. The minimum Gasteiger partial charge on any atom is -0.496 e. The molecule has 0 aliphatic heterocycles. The first kappa shape index (κ1) is 22.5. The lowest BCUT2D eigenvalue weighted by Crippen LogP contribution is -2.13. The fraction of sp³-hybridized carbons (Fsp3) is 0.0800. The number of carbonyl (C=O) groups is 2. The van der Waals surface area contributed by atoms with E-state index in [4.69, 9.17) is 21.1 Å². The molecule has 0 fully saturated rings. The molecule has 0 atom stereocenters. The molecular weight excluding hydrogens is 460 g/mol. The van der Waals surface area contributed by atoms with Crippen molar-refractivity contribution in [2.45, 2.75) is 6.42 Å². The molecule has 166 valence electrons. The maximum atomic E-state index is 12.5. The van der Waals surface area contributed by atoms with Crippen molar-refractivity contribution in [3.8, 4) is 22.1 Å². The van der Waals surface area contributed by atoms with Crippen LogP contribution >= 0.6 is 22.9 Å². The van der Waals surface area contributed by atoms with E-state index in [1.54, 1.807) is 54.6 Å². The SMILES string of the molecule is COc1ccccc1C(=O)Nc1ccc(OC(=O)Cc2csc(-c3ccccc3Cl)n2)cc1. The summed E-state index contributed by atoms with van der Waals surface area (Å²) in [7, 11) is 1.51. The second kappa shape index (κ2) is 10.3. The Morgan fingerprint density at radius 3 is 2.48 bits per heavy atom. The molecule has 3 aromatic carbocycles. The van der Waals surface area contributed by atoms with Crippen molar-refractivity contribution >= 4 is 40.5 Å². The highest BCUT2D eigenvalue weighted by atomic mass is 35.5. The molecule has 33 heavy (non-hydrogen) atoms. The summed E-state index contributed by atoms with van der Waals surface area (Å²) in [4.78, 5) is 29.3. The van der Waals surface area contributed by atoms with E-state index in [9.17, 15) is 9.59 Å². The Balaban J connectivity index is 1.35.